The van der Waals surface area contributed by atoms with Gasteiger partial charge in [-0.3, -0.25) is 4.79 Å². The van der Waals surface area contributed by atoms with Gasteiger partial charge in [0.1, 0.15) is 12.5 Å². The van der Waals surface area contributed by atoms with Gasteiger partial charge in [-0.2, -0.15) is 15.6 Å². The summed E-state index contributed by atoms with van der Waals surface area (Å²) in [5, 5.41) is 20.8. The van der Waals surface area contributed by atoms with Crippen LogP contribution in [0.3, 0.4) is 0 Å². The maximum absolute atomic E-state index is 11.0. The summed E-state index contributed by atoms with van der Waals surface area (Å²) in [6.45, 7) is -0.159. The summed E-state index contributed by atoms with van der Waals surface area (Å²) >= 11 is 6.03. The Labute approximate surface area is 126 Å². The Morgan fingerprint density at radius 1 is 1.48 bits per heavy atom. The summed E-state index contributed by atoms with van der Waals surface area (Å²) in [5.41, 5.74) is 2.74. The van der Waals surface area contributed by atoms with Gasteiger partial charge in [0.25, 0.3) is 5.91 Å². The molecule has 1 amide bonds. The van der Waals surface area contributed by atoms with Crippen molar-refractivity contribution in [2.24, 2.45) is 5.10 Å². The molecule has 7 nitrogen and oxygen atoms in total. The predicted octanol–water partition coefficient (Wildman–Crippen LogP) is 1.61. The van der Waals surface area contributed by atoms with Crippen molar-refractivity contribution >= 4 is 23.7 Å². The van der Waals surface area contributed by atoms with Gasteiger partial charge >= 0.3 is 0 Å². The molecule has 1 N–H and O–H groups in total. The highest BCUT2D eigenvalue weighted by Crippen LogP contribution is 2.35. The minimum absolute atomic E-state index is 0.159. The fraction of sp³-hybridized carbons (Fsp3) is 0.231. The summed E-state index contributed by atoms with van der Waals surface area (Å²) in [6.07, 6.45) is 1.07. The summed E-state index contributed by atoms with van der Waals surface area (Å²) in [4.78, 5) is 11.0. The van der Waals surface area contributed by atoms with Crippen LogP contribution in [0.1, 0.15) is 12.0 Å². The number of nitrogens with one attached hydrogen (secondary N) is 1. The van der Waals surface area contributed by atoms with Crippen molar-refractivity contribution in [3.63, 3.8) is 0 Å². The number of hydrogen-bond donors (Lipinski definition) is 1. The lowest BCUT2D eigenvalue weighted by molar-refractivity contribution is -0.120. The Bertz CT molecular complexity index is 632. The Morgan fingerprint density at radius 3 is 2.86 bits per heavy atom. The third kappa shape index (κ3) is 5.01. The molecule has 108 valence electrons. The SMILES string of the molecule is COc1cc(C=NNC(=O)CC#N)cc(Cl)c1OCC#N. The summed E-state index contributed by atoms with van der Waals surface area (Å²) < 4.78 is 10.3. The van der Waals surface area contributed by atoms with Crippen molar-refractivity contribution in [3.8, 4) is 23.6 Å². The third-order valence-electron chi connectivity index (χ3n) is 2.18. The Kier molecular flexibility index (Phi) is 6.52. The highest BCUT2D eigenvalue weighted by molar-refractivity contribution is 6.32. The number of amides is 1. The topological polar surface area (TPSA) is 108 Å². The predicted molar refractivity (Wildman–Crippen MR) is 75.1 cm³/mol. The zero-order valence-electron chi connectivity index (χ0n) is 11.1. The van der Waals surface area contributed by atoms with Crippen molar-refractivity contribution in [1.82, 2.24) is 5.43 Å². The van der Waals surface area contributed by atoms with E-state index in [0.717, 1.165) is 0 Å². The number of carbonyl (C=O) groups is 1. The molecular formula is C13H11ClN4O3. The van der Waals surface area contributed by atoms with Crippen molar-refractivity contribution in [2.45, 2.75) is 6.42 Å². The lowest BCUT2D eigenvalue weighted by Crippen LogP contribution is -2.16. The third-order valence-corrected chi connectivity index (χ3v) is 2.46. The number of halogens is 1. The van der Waals surface area contributed by atoms with Crippen LogP contribution < -0.4 is 14.9 Å². The Balaban J connectivity index is 2.88. The second-order valence-electron chi connectivity index (χ2n) is 3.61. The zero-order chi connectivity index (χ0) is 15.7. The number of rotatable bonds is 6. The van der Waals surface area contributed by atoms with Gasteiger partial charge in [0.15, 0.2) is 18.1 Å². The molecule has 0 fully saturated rings. The van der Waals surface area contributed by atoms with E-state index >= 15 is 0 Å². The van der Waals surface area contributed by atoms with E-state index < -0.39 is 5.91 Å². The van der Waals surface area contributed by atoms with Crippen molar-refractivity contribution in [2.75, 3.05) is 13.7 Å². The fourth-order valence-electron chi connectivity index (χ4n) is 1.35. The lowest BCUT2D eigenvalue weighted by Gasteiger charge is -2.10. The summed E-state index contributed by atoms with van der Waals surface area (Å²) in [6, 6.07) is 6.65. The average Bonchev–Trinajstić information content (AvgIpc) is 2.46. The normalized spacial score (nSPS) is 9.71. The number of ether oxygens (including phenoxy) is 2. The molecule has 8 heteroatoms. The number of benzene rings is 1. The molecule has 0 unspecified atom stereocenters. The molecule has 0 aliphatic rings. The van der Waals surface area contributed by atoms with E-state index in [1.165, 1.54) is 19.4 Å². The van der Waals surface area contributed by atoms with Gasteiger partial charge in [-0.1, -0.05) is 11.6 Å². The van der Waals surface area contributed by atoms with Crippen molar-refractivity contribution < 1.29 is 14.3 Å². The number of nitrogens with zero attached hydrogens (tertiary/aromatic N) is 3. The van der Waals surface area contributed by atoms with Crippen LogP contribution in [0.25, 0.3) is 0 Å². The molecular weight excluding hydrogens is 296 g/mol. The van der Waals surface area contributed by atoms with Gasteiger partial charge in [-0.15, -0.1) is 0 Å². The summed E-state index contributed by atoms with van der Waals surface area (Å²) in [7, 11) is 1.43. The molecule has 1 aromatic carbocycles. The second-order valence-corrected chi connectivity index (χ2v) is 4.02. The highest BCUT2D eigenvalue weighted by atomic mass is 35.5. The van der Waals surface area contributed by atoms with Crippen LogP contribution in [0, 0.1) is 22.7 Å². The van der Waals surface area contributed by atoms with Crippen molar-refractivity contribution in [1.29, 1.82) is 10.5 Å². The van der Waals surface area contributed by atoms with E-state index in [4.69, 9.17) is 31.6 Å². The van der Waals surface area contributed by atoms with Gasteiger partial charge in [0.2, 0.25) is 0 Å². The molecule has 0 aliphatic carbocycles. The van der Waals surface area contributed by atoms with E-state index in [1.807, 2.05) is 6.07 Å². The minimum atomic E-state index is -0.513. The quantitative estimate of drug-likeness (QED) is 0.634. The van der Waals surface area contributed by atoms with Gasteiger partial charge in [-0.25, -0.2) is 5.43 Å². The van der Waals surface area contributed by atoms with E-state index in [0.29, 0.717) is 11.3 Å². The molecule has 0 aliphatic heterocycles. The molecule has 0 aromatic heterocycles. The monoisotopic (exact) mass is 306 g/mol. The van der Waals surface area contributed by atoms with Gasteiger partial charge in [-0.05, 0) is 17.7 Å². The van der Waals surface area contributed by atoms with Crippen LogP contribution in [0.15, 0.2) is 17.2 Å². The van der Waals surface area contributed by atoms with Crippen LogP contribution >= 0.6 is 11.6 Å². The molecule has 0 heterocycles. The van der Waals surface area contributed by atoms with Crippen LogP contribution in [0.4, 0.5) is 0 Å². The molecule has 1 aromatic rings. The second kappa shape index (κ2) is 8.41. The highest BCUT2D eigenvalue weighted by Gasteiger charge is 2.11. The maximum atomic E-state index is 11.0. The number of nitriles is 2. The number of hydrogen-bond acceptors (Lipinski definition) is 6. The molecule has 0 spiro atoms. The molecule has 1 rings (SSSR count). The van der Waals surface area contributed by atoms with E-state index in [9.17, 15) is 4.79 Å². The van der Waals surface area contributed by atoms with Crippen LogP contribution in [-0.2, 0) is 4.79 Å². The lowest BCUT2D eigenvalue weighted by atomic mass is 10.2. The van der Waals surface area contributed by atoms with E-state index in [2.05, 4.69) is 10.5 Å². The van der Waals surface area contributed by atoms with Crippen LogP contribution in [-0.4, -0.2) is 25.8 Å². The number of carbonyl (C=O) groups excluding carboxylic acids is 1. The molecule has 21 heavy (non-hydrogen) atoms. The zero-order valence-corrected chi connectivity index (χ0v) is 11.8. The first-order valence-electron chi connectivity index (χ1n) is 5.68. The van der Waals surface area contributed by atoms with Gasteiger partial charge < -0.3 is 9.47 Å². The van der Waals surface area contributed by atoms with Crippen molar-refractivity contribution in [3.05, 3.63) is 22.7 Å². The minimum Gasteiger partial charge on any atom is -0.493 e. The Hall–Kier alpha value is -2.77. The van der Waals surface area contributed by atoms with Gasteiger partial charge in [0, 0.05) is 0 Å². The van der Waals surface area contributed by atoms with E-state index in [1.54, 1.807) is 12.1 Å². The van der Waals surface area contributed by atoms with Crippen LogP contribution in [0.2, 0.25) is 5.02 Å². The average molecular weight is 307 g/mol. The Morgan fingerprint density at radius 2 is 2.24 bits per heavy atom. The first-order chi connectivity index (χ1) is 10.1. The number of hydrazone groups is 1. The molecule has 0 radical (unpaired) electrons. The summed E-state index contributed by atoms with van der Waals surface area (Å²) in [5.74, 6) is 0.0784. The molecule has 0 atom stereocenters. The fourth-order valence-corrected chi connectivity index (χ4v) is 1.62. The van der Waals surface area contributed by atoms with Gasteiger partial charge in [0.05, 0.1) is 24.4 Å². The van der Waals surface area contributed by atoms with E-state index in [-0.39, 0.29) is 23.8 Å². The first kappa shape index (κ1) is 16.3. The maximum Gasteiger partial charge on any atom is 0.254 e. The van der Waals surface area contributed by atoms with Crippen LogP contribution in [0.5, 0.6) is 11.5 Å². The molecule has 0 saturated carbocycles. The standard InChI is InChI=1S/C13H11ClN4O3/c1-20-11-7-9(8-17-18-12(19)2-3-15)6-10(14)13(11)21-5-4-16/h6-8H,2,5H2,1H3,(H,18,19). The first-order valence-corrected chi connectivity index (χ1v) is 6.06. The molecule has 0 saturated heterocycles. The molecule has 0 bridgehead atoms. The smallest absolute Gasteiger partial charge is 0.254 e. The number of methoxy groups -OCH3 is 1. The largest absolute Gasteiger partial charge is 0.493 e.